The van der Waals surface area contributed by atoms with Gasteiger partial charge >= 0.3 is 0 Å². The van der Waals surface area contributed by atoms with Crippen LogP contribution in [0, 0.1) is 18.3 Å². The Morgan fingerprint density at radius 3 is 2.77 bits per heavy atom. The topological polar surface area (TPSA) is 102 Å². The third-order valence-electron chi connectivity index (χ3n) is 4.31. The molecular formula is C17H19N5O2S2. The zero-order valence-electron chi connectivity index (χ0n) is 14.9. The molecule has 1 aromatic carbocycles. The molecule has 1 atom stereocenters. The quantitative estimate of drug-likeness (QED) is 0.697. The molecule has 0 fully saturated rings. The number of hydrogen-bond donors (Lipinski definition) is 2. The third-order valence-corrected chi connectivity index (χ3v) is 7.30. The van der Waals surface area contributed by atoms with Crippen molar-refractivity contribution in [1.82, 2.24) is 14.9 Å². The van der Waals surface area contributed by atoms with Gasteiger partial charge in [0.15, 0.2) is 4.21 Å². The first-order chi connectivity index (χ1) is 12.2. The standard InChI is InChI=1S/C17H19N5O2S2/c1-10-5-6-13(16-15(10)12(7-18)8-19-16)21-26(23,24)14-9-20-17(25-14)11(2)22(3)4/h5-6,8-9,11,19,21H,1-4H3. The average molecular weight is 390 g/mol. The molecule has 1 unspecified atom stereocenters. The summed E-state index contributed by atoms with van der Waals surface area (Å²) in [6.45, 7) is 3.85. The predicted octanol–water partition coefficient (Wildman–Crippen LogP) is 3.23. The number of sulfonamides is 1. The van der Waals surface area contributed by atoms with Gasteiger partial charge in [-0.15, -0.1) is 11.3 Å². The van der Waals surface area contributed by atoms with Crippen LogP contribution < -0.4 is 4.72 Å². The second-order valence-corrected chi connectivity index (χ2v) is 9.23. The summed E-state index contributed by atoms with van der Waals surface area (Å²) < 4.78 is 28.3. The van der Waals surface area contributed by atoms with Gasteiger partial charge in [0.25, 0.3) is 10.0 Å². The molecule has 26 heavy (non-hydrogen) atoms. The van der Waals surface area contributed by atoms with Crippen LogP contribution in [0.4, 0.5) is 5.69 Å². The Morgan fingerprint density at radius 2 is 2.12 bits per heavy atom. The van der Waals surface area contributed by atoms with Crippen molar-refractivity contribution < 1.29 is 8.42 Å². The van der Waals surface area contributed by atoms with E-state index in [1.807, 2.05) is 32.8 Å². The number of nitrogens with one attached hydrogen (secondary N) is 2. The van der Waals surface area contributed by atoms with Crippen LogP contribution in [-0.4, -0.2) is 37.4 Å². The van der Waals surface area contributed by atoms with E-state index >= 15 is 0 Å². The Kier molecular flexibility index (Phi) is 4.75. The number of hydrogen-bond acceptors (Lipinski definition) is 6. The van der Waals surface area contributed by atoms with Crippen molar-refractivity contribution in [2.45, 2.75) is 24.1 Å². The summed E-state index contributed by atoms with van der Waals surface area (Å²) in [5, 5.41) is 10.7. The van der Waals surface area contributed by atoms with E-state index < -0.39 is 10.0 Å². The van der Waals surface area contributed by atoms with E-state index in [4.69, 9.17) is 0 Å². The summed E-state index contributed by atoms with van der Waals surface area (Å²) in [5.41, 5.74) is 2.39. The lowest BCUT2D eigenvalue weighted by Crippen LogP contribution is -2.16. The van der Waals surface area contributed by atoms with Gasteiger partial charge in [0.05, 0.1) is 29.0 Å². The Bertz CT molecular complexity index is 1110. The molecule has 3 aromatic rings. The number of nitriles is 1. The lowest BCUT2D eigenvalue weighted by atomic mass is 10.1. The minimum absolute atomic E-state index is 0.0247. The summed E-state index contributed by atoms with van der Waals surface area (Å²) in [6.07, 6.45) is 2.96. The zero-order chi connectivity index (χ0) is 19.1. The van der Waals surface area contributed by atoms with Crippen molar-refractivity contribution in [2.75, 3.05) is 18.8 Å². The minimum atomic E-state index is -3.77. The second kappa shape index (κ2) is 6.72. The number of fused-ring (bicyclic) bond motifs is 1. The lowest BCUT2D eigenvalue weighted by molar-refractivity contribution is 0.320. The van der Waals surface area contributed by atoms with Crippen molar-refractivity contribution in [3.8, 4) is 6.07 Å². The van der Waals surface area contributed by atoms with Crippen molar-refractivity contribution in [1.29, 1.82) is 5.26 Å². The van der Waals surface area contributed by atoms with Crippen molar-refractivity contribution in [3.05, 3.63) is 40.7 Å². The molecule has 0 aliphatic carbocycles. The van der Waals surface area contributed by atoms with Crippen LogP contribution in [0.1, 0.15) is 29.1 Å². The largest absolute Gasteiger partial charge is 0.358 e. The molecule has 0 spiro atoms. The number of aromatic amines is 1. The zero-order valence-corrected chi connectivity index (χ0v) is 16.5. The van der Waals surface area contributed by atoms with Crippen LogP contribution in [0.25, 0.3) is 10.9 Å². The summed E-state index contributed by atoms with van der Waals surface area (Å²) in [5.74, 6) is 0. The molecule has 0 radical (unpaired) electrons. The fourth-order valence-corrected chi connectivity index (χ4v) is 4.97. The highest BCUT2D eigenvalue weighted by molar-refractivity contribution is 7.94. The van der Waals surface area contributed by atoms with E-state index in [2.05, 4.69) is 20.8 Å². The fourth-order valence-electron chi connectivity index (χ4n) is 2.60. The minimum Gasteiger partial charge on any atom is -0.358 e. The number of nitrogens with zero attached hydrogens (tertiary/aromatic N) is 3. The van der Waals surface area contributed by atoms with Gasteiger partial charge in [-0.1, -0.05) is 6.07 Å². The number of benzene rings is 1. The number of rotatable bonds is 5. The number of aryl methyl sites for hydroxylation is 1. The highest BCUT2D eigenvalue weighted by Gasteiger charge is 2.22. The normalized spacial score (nSPS) is 13.1. The second-order valence-electron chi connectivity index (χ2n) is 6.26. The van der Waals surface area contributed by atoms with Gasteiger partial charge in [-0.05, 0) is 39.6 Å². The Labute approximate surface area is 156 Å². The molecule has 0 saturated carbocycles. The van der Waals surface area contributed by atoms with Gasteiger partial charge < -0.3 is 9.88 Å². The fraction of sp³-hybridized carbons (Fsp3) is 0.294. The summed E-state index contributed by atoms with van der Waals surface area (Å²) in [6, 6.07) is 5.63. The van der Waals surface area contributed by atoms with Gasteiger partial charge in [-0.3, -0.25) is 4.72 Å². The summed E-state index contributed by atoms with van der Waals surface area (Å²) >= 11 is 1.15. The molecule has 136 valence electrons. The van der Waals surface area contributed by atoms with Gasteiger partial charge in [0.1, 0.15) is 11.1 Å². The van der Waals surface area contributed by atoms with Crippen LogP contribution in [-0.2, 0) is 10.0 Å². The van der Waals surface area contributed by atoms with Gasteiger partial charge in [-0.25, -0.2) is 13.4 Å². The first-order valence-corrected chi connectivity index (χ1v) is 10.2. The van der Waals surface area contributed by atoms with E-state index in [0.717, 1.165) is 27.3 Å². The highest BCUT2D eigenvalue weighted by Crippen LogP contribution is 2.32. The smallest absolute Gasteiger partial charge is 0.273 e. The molecule has 0 aliphatic heterocycles. The van der Waals surface area contributed by atoms with Gasteiger partial charge in [-0.2, -0.15) is 5.26 Å². The van der Waals surface area contributed by atoms with Crippen LogP contribution in [0.3, 0.4) is 0 Å². The SMILES string of the molecule is Cc1ccc(NS(=O)(=O)c2cnc(C(C)N(C)C)s2)c2[nH]cc(C#N)c12. The summed E-state index contributed by atoms with van der Waals surface area (Å²) in [7, 11) is 0.0635. The lowest BCUT2D eigenvalue weighted by Gasteiger charge is -2.16. The molecule has 2 N–H and O–H groups in total. The first-order valence-electron chi connectivity index (χ1n) is 7.90. The van der Waals surface area contributed by atoms with Gasteiger partial charge in [0.2, 0.25) is 0 Å². The maximum atomic E-state index is 12.8. The Balaban J connectivity index is 1.99. The molecular weight excluding hydrogens is 370 g/mol. The average Bonchev–Trinajstić information content (AvgIpc) is 3.24. The molecule has 3 rings (SSSR count). The molecule has 2 heterocycles. The van der Waals surface area contributed by atoms with Crippen molar-refractivity contribution in [2.24, 2.45) is 0 Å². The monoisotopic (exact) mass is 389 g/mol. The third kappa shape index (κ3) is 3.19. The van der Waals surface area contributed by atoms with Crippen molar-refractivity contribution in [3.63, 3.8) is 0 Å². The summed E-state index contributed by atoms with van der Waals surface area (Å²) in [4.78, 5) is 9.21. The Morgan fingerprint density at radius 1 is 1.38 bits per heavy atom. The maximum Gasteiger partial charge on any atom is 0.273 e. The molecule has 0 bridgehead atoms. The van der Waals surface area contributed by atoms with Crippen LogP contribution in [0.15, 0.2) is 28.7 Å². The first kappa shape index (κ1) is 18.4. The van der Waals surface area contributed by atoms with E-state index in [1.54, 1.807) is 18.3 Å². The van der Waals surface area contributed by atoms with E-state index in [0.29, 0.717) is 16.8 Å². The molecule has 2 aromatic heterocycles. The van der Waals surface area contributed by atoms with E-state index in [-0.39, 0.29) is 10.3 Å². The molecule has 7 nitrogen and oxygen atoms in total. The molecule has 0 aliphatic rings. The number of thiazole rings is 1. The van der Waals surface area contributed by atoms with E-state index in [1.165, 1.54) is 6.20 Å². The van der Waals surface area contributed by atoms with Crippen molar-refractivity contribution >= 4 is 38.0 Å². The molecule has 0 amide bonds. The Hall–Kier alpha value is -2.41. The number of anilines is 1. The van der Waals surface area contributed by atoms with Crippen LogP contribution in [0.2, 0.25) is 0 Å². The predicted molar refractivity (Wildman–Crippen MR) is 103 cm³/mol. The highest BCUT2D eigenvalue weighted by atomic mass is 32.2. The molecule has 0 saturated heterocycles. The van der Waals surface area contributed by atoms with Crippen LogP contribution in [0.5, 0.6) is 0 Å². The van der Waals surface area contributed by atoms with Crippen LogP contribution >= 0.6 is 11.3 Å². The van der Waals surface area contributed by atoms with E-state index in [9.17, 15) is 13.7 Å². The molecule has 9 heteroatoms. The van der Waals surface area contributed by atoms with Gasteiger partial charge in [0, 0.05) is 11.6 Å². The number of H-pyrrole nitrogens is 1. The maximum absolute atomic E-state index is 12.8. The number of aromatic nitrogens is 2.